The number of hydrogen-bond acceptors (Lipinski definition) is 1. The largest absolute Gasteiger partial charge is 0.313 e. The molecule has 0 amide bonds. The summed E-state index contributed by atoms with van der Waals surface area (Å²) in [4.78, 5) is 0. The van der Waals surface area contributed by atoms with E-state index < -0.39 is 0 Å². The number of rotatable bonds is 4. The summed E-state index contributed by atoms with van der Waals surface area (Å²) in [7, 11) is 2.02. The van der Waals surface area contributed by atoms with Crippen LogP contribution in [0.4, 0.5) is 0 Å². The molecule has 1 nitrogen and oxygen atoms in total. The van der Waals surface area contributed by atoms with Gasteiger partial charge in [-0.05, 0) is 31.7 Å². The fourth-order valence-corrected chi connectivity index (χ4v) is 2.08. The molecule has 0 aromatic rings. The number of likely N-dealkylation sites (N-methyl/N-ethyl adjacent to an activating group) is 1. The van der Waals surface area contributed by atoms with E-state index >= 15 is 0 Å². The number of nitrogens with one attached hydrogen (secondary N) is 1. The van der Waals surface area contributed by atoms with E-state index in [1.54, 1.807) is 0 Å². The third-order valence-electron chi connectivity index (χ3n) is 3.01. The fourth-order valence-electron chi connectivity index (χ4n) is 2.08. The number of allylic oxidation sites excluding steroid dienone is 3. The zero-order chi connectivity index (χ0) is 10.4. The van der Waals surface area contributed by atoms with Gasteiger partial charge in [-0.3, -0.25) is 0 Å². The highest BCUT2D eigenvalue weighted by molar-refractivity contribution is 5.10. The van der Waals surface area contributed by atoms with Gasteiger partial charge in [0, 0.05) is 6.04 Å². The summed E-state index contributed by atoms with van der Waals surface area (Å²) in [5.41, 5.74) is 0. The van der Waals surface area contributed by atoms with Gasteiger partial charge in [-0.1, -0.05) is 43.9 Å². The van der Waals surface area contributed by atoms with Crippen molar-refractivity contribution >= 4 is 0 Å². The quantitative estimate of drug-likeness (QED) is 0.532. The second kappa shape index (κ2) is 5.82. The lowest BCUT2D eigenvalue weighted by atomic mass is 9.80. The molecule has 1 N–H and O–H groups in total. The minimum Gasteiger partial charge on any atom is -0.313 e. The highest BCUT2D eigenvalue weighted by Crippen LogP contribution is 2.27. The summed E-state index contributed by atoms with van der Waals surface area (Å²) in [6.07, 6.45) is 13.3. The average Bonchev–Trinajstić information content (AvgIpc) is 2.21. The molecule has 0 fully saturated rings. The SMILES string of the molecule is C=C/C=C\C(NC)C1C=CCCC1C. The lowest BCUT2D eigenvalue weighted by molar-refractivity contribution is 0.336. The maximum absolute atomic E-state index is 3.70. The Morgan fingerprint density at radius 2 is 2.36 bits per heavy atom. The van der Waals surface area contributed by atoms with Crippen LogP contribution >= 0.6 is 0 Å². The van der Waals surface area contributed by atoms with E-state index in [4.69, 9.17) is 0 Å². The predicted molar refractivity (Wildman–Crippen MR) is 63.2 cm³/mol. The first kappa shape index (κ1) is 11.3. The van der Waals surface area contributed by atoms with Gasteiger partial charge in [0.25, 0.3) is 0 Å². The Hall–Kier alpha value is -0.820. The van der Waals surface area contributed by atoms with E-state index in [-0.39, 0.29) is 0 Å². The van der Waals surface area contributed by atoms with Crippen molar-refractivity contribution in [3.8, 4) is 0 Å². The lowest BCUT2D eigenvalue weighted by Gasteiger charge is -2.30. The van der Waals surface area contributed by atoms with E-state index in [9.17, 15) is 0 Å². The Morgan fingerprint density at radius 3 is 2.93 bits per heavy atom. The summed E-state index contributed by atoms with van der Waals surface area (Å²) >= 11 is 0. The van der Waals surface area contributed by atoms with Crippen LogP contribution in [-0.2, 0) is 0 Å². The molecule has 14 heavy (non-hydrogen) atoms. The summed E-state index contributed by atoms with van der Waals surface area (Å²) in [6, 6.07) is 0.444. The molecular weight excluding hydrogens is 170 g/mol. The van der Waals surface area contributed by atoms with Crippen molar-refractivity contribution in [1.82, 2.24) is 5.32 Å². The molecule has 1 rings (SSSR count). The van der Waals surface area contributed by atoms with Crippen LogP contribution < -0.4 is 5.32 Å². The van der Waals surface area contributed by atoms with Gasteiger partial charge in [0.05, 0.1) is 0 Å². The van der Waals surface area contributed by atoms with Crippen molar-refractivity contribution < 1.29 is 0 Å². The standard InChI is InChI=1S/C13H21N/c1-4-5-10-13(14-3)12-9-7-6-8-11(12)2/h4-5,7,9-14H,1,6,8H2,2-3H3/b10-5-. The molecule has 0 bridgehead atoms. The van der Waals surface area contributed by atoms with E-state index in [1.165, 1.54) is 12.8 Å². The van der Waals surface area contributed by atoms with E-state index in [2.05, 4.69) is 37.0 Å². The maximum Gasteiger partial charge on any atom is 0.0315 e. The Balaban J connectivity index is 2.66. The van der Waals surface area contributed by atoms with Crippen LogP contribution in [0.25, 0.3) is 0 Å². The van der Waals surface area contributed by atoms with Crippen molar-refractivity contribution in [1.29, 1.82) is 0 Å². The molecular formula is C13H21N. The minimum atomic E-state index is 0.444. The van der Waals surface area contributed by atoms with Gasteiger partial charge >= 0.3 is 0 Å². The zero-order valence-corrected chi connectivity index (χ0v) is 9.24. The first-order chi connectivity index (χ1) is 6.79. The van der Waals surface area contributed by atoms with Crippen LogP contribution in [0.3, 0.4) is 0 Å². The van der Waals surface area contributed by atoms with Crippen LogP contribution in [0.2, 0.25) is 0 Å². The van der Waals surface area contributed by atoms with Crippen LogP contribution in [0, 0.1) is 11.8 Å². The first-order valence-corrected chi connectivity index (χ1v) is 5.42. The number of hydrogen-bond donors (Lipinski definition) is 1. The molecule has 0 saturated heterocycles. The smallest absolute Gasteiger partial charge is 0.0315 e. The van der Waals surface area contributed by atoms with Gasteiger partial charge in [0.15, 0.2) is 0 Å². The molecule has 0 aliphatic heterocycles. The van der Waals surface area contributed by atoms with Crippen LogP contribution in [0.1, 0.15) is 19.8 Å². The van der Waals surface area contributed by atoms with E-state index in [0.29, 0.717) is 12.0 Å². The molecule has 0 heterocycles. The van der Waals surface area contributed by atoms with Crippen LogP contribution in [0.5, 0.6) is 0 Å². The molecule has 1 aliphatic rings. The van der Waals surface area contributed by atoms with Gasteiger partial charge in [-0.25, -0.2) is 0 Å². The molecule has 0 saturated carbocycles. The van der Waals surface area contributed by atoms with Crippen molar-refractivity contribution in [2.24, 2.45) is 11.8 Å². The van der Waals surface area contributed by atoms with Gasteiger partial charge in [0.2, 0.25) is 0 Å². The second-order valence-electron chi connectivity index (χ2n) is 4.00. The zero-order valence-electron chi connectivity index (χ0n) is 9.24. The monoisotopic (exact) mass is 191 g/mol. The highest BCUT2D eigenvalue weighted by atomic mass is 14.9. The van der Waals surface area contributed by atoms with Crippen molar-refractivity contribution in [2.75, 3.05) is 7.05 Å². The van der Waals surface area contributed by atoms with Gasteiger partial charge in [-0.2, -0.15) is 0 Å². The lowest BCUT2D eigenvalue weighted by Crippen LogP contribution is -2.35. The molecule has 0 radical (unpaired) electrons. The highest BCUT2D eigenvalue weighted by Gasteiger charge is 2.22. The van der Waals surface area contributed by atoms with Crippen molar-refractivity contribution in [2.45, 2.75) is 25.8 Å². The predicted octanol–water partition coefficient (Wildman–Crippen LogP) is 2.92. The molecule has 1 heteroatoms. The minimum absolute atomic E-state index is 0.444. The summed E-state index contributed by atoms with van der Waals surface area (Å²) in [5.74, 6) is 1.40. The molecule has 1 aliphatic carbocycles. The molecule has 3 atom stereocenters. The van der Waals surface area contributed by atoms with E-state index in [1.807, 2.05) is 19.2 Å². The maximum atomic E-state index is 3.70. The van der Waals surface area contributed by atoms with Gasteiger partial charge < -0.3 is 5.32 Å². The molecule has 0 aromatic carbocycles. The van der Waals surface area contributed by atoms with Crippen molar-refractivity contribution in [3.63, 3.8) is 0 Å². The Morgan fingerprint density at radius 1 is 1.57 bits per heavy atom. The third-order valence-corrected chi connectivity index (χ3v) is 3.01. The summed E-state index contributed by atoms with van der Waals surface area (Å²) in [6.45, 7) is 6.03. The topological polar surface area (TPSA) is 12.0 Å². The third kappa shape index (κ3) is 2.85. The second-order valence-corrected chi connectivity index (χ2v) is 4.00. The molecule has 0 spiro atoms. The van der Waals surface area contributed by atoms with Crippen LogP contribution in [0.15, 0.2) is 37.0 Å². The Bertz CT molecular complexity index is 227. The fraction of sp³-hybridized carbons (Fsp3) is 0.538. The Labute approximate surface area is 87.6 Å². The molecule has 78 valence electrons. The Kier molecular flexibility index (Phi) is 4.68. The summed E-state index contributed by atoms with van der Waals surface area (Å²) in [5, 5.41) is 3.35. The van der Waals surface area contributed by atoms with Crippen molar-refractivity contribution in [3.05, 3.63) is 37.0 Å². The van der Waals surface area contributed by atoms with Gasteiger partial charge in [-0.15, -0.1) is 0 Å². The normalized spacial score (nSPS) is 29.3. The average molecular weight is 191 g/mol. The first-order valence-electron chi connectivity index (χ1n) is 5.42. The van der Waals surface area contributed by atoms with Gasteiger partial charge in [0.1, 0.15) is 0 Å². The molecule has 3 unspecified atom stereocenters. The summed E-state index contributed by atoms with van der Waals surface area (Å²) < 4.78 is 0. The van der Waals surface area contributed by atoms with Crippen LogP contribution in [-0.4, -0.2) is 13.1 Å². The molecule has 0 aromatic heterocycles. The van der Waals surface area contributed by atoms with E-state index in [0.717, 1.165) is 5.92 Å².